The zero-order valence-electron chi connectivity index (χ0n) is 12.9. The standard InChI is InChI=1S/C17H14BrF3O3/c1-10(12-5-3-4-6-14(12)17(19,20)21)24-15-9-11(18)7-8-13(15)16(22)23-2/h3-10H,1-2H3/t10-/m1/s1. The quantitative estimate of drug-likeness (QED) is 0.642. The highest BCUT2D eigenvalue weighted by atomic mass is 79.9. The van der Waals surface area contributed by atoms with Crippen LogP contribution in [0.4, 0.5) is 13.2 Å². The lowest BCUT2D eigenvalue weighted by molar-refractivity contribution is -0.139. The van der Waals surface area contributed by atoms with E-state index in [0.29, 0.717) is 4.47 Å². The SMILES string of the molecule is COC(=O)c1ccc(Br)cc1O[C@H](C)c1ccccc1C(F)(F)F. The molecule has 3 nitrogen and oxygen atoms in total. The molecule has 0 spiro atoms. The number of rotatable bonds is 4. The number of ether oxygens (including phenoxy) is 2. The molecule has 0 aliphatic heterocycles. The zero-order chi connectivity index (χ0) is 17.9. The Kier molecular flexibility index (Phi) is 5.54. The van der Waals surface area contributed by atoms with Gasteiger partial charge in [-0.1, -0.05) is 34.1 Å². The van der Waals surface area contributed by atoms with Gasteiger partial charge in [0.25, 0.3) is 0 Å². The van der Waals surface area contributed by atoms with E-state index in [2.05, 4.69) is 20.7 Å². The van der Waals surface area contributed by atoms with E-state index in [9.17, 15) is 18.0 Å². The molecule has 2 rings (SSSR count). The van der Waals surface area contributed by atoms with Crippen LogP contribution in [0.15, 0.2) is 46.9 Å². The Bertz CT molecular complexity index is 744. The molecule has 7 heteroatoms. The number of halogens is 4. The van der Waals surface area contributed by atoms with E-state index in [1.54, 1.807) is 6.07 Å². The molecule has 1 atom stereocenters. The largest absolute Gasteiger partial charge is 0.485 e. The summed E-state index contributed by atoms with van der Waals surface area (Å²) in [4.78, 5) is 11.8. The molecule has 0 heterocycles. The first kappa shape index (κ1) is 18.3. The molecule has 0 radical (unpaired) electrons. The summed E-state index contributed by atoms with van der Waals surface area (Å²) in [6.45, 7) is 1.49. The van der Waals surface area contributed by atoms with Crippen LogP contribution >= 0.6 is 15.9 Å². The first-order valence-electron chi connectivity index (χ1n) is 6.94. The minimum absolute atomic E-state index is 0.0132. The van der Waals surface area contributed by atoms with Gasteiger partial charge in [0.15, 0.2) is 0 Å². The molecule has 0 saturated carbocycles. The van der Waals surface area contributed by atoms with Gasteiger partial charge in [0.2, 0.25) is 0 Å². The van der Waals surface area contributed by atoms with E-state index in [1.165, 1.54) is 44.4 Å². The summed E-state index contributed by atoms with van der Waals surface area (Å²) in [6, 6.07) is 9.78. The molecule has 0 saturated heterocycles. The average molecular weight is 403 g/mol. The minimum Gasteiger partial charge on any atom is -0.485 e. The first-order valence-corrected chi connectivity index (χ1v) is 7.74. The number of alkyl halides is 3. The molecular weight excluding hydrogens is 389 g/mol. The van der Waals surface area contributed by atoms with Crippen LogP contribution in [0.1, 0.15) is 34.5 Å². The Hall–Kier alpha value is -2.02. The summed E-state index contributed by atoms with van der Waals surface area (Å²) >= 11 is 3.25. The topological polar surface area (TPSA) is 35.5 Å². The van der Waals surface area contributed by atoms with Gasteiger partial charge < -0.3 is 9.47 Å². The number of carbonyl (C=O) groups excluding carboxylic acids is 1. The monoisotopic (exact) mass is 402 g/mol. The summed E-state index contributed by atoms with van der Waals surface area (Å²) in [7, 11) is 1.22. The highest BCUT2D eigenvalue weighted by Gasteiger charge is 2.34. The Labute approximate surface area is 145 Å². The summed E-state index contributed by atoms with van der Waals surface area (Å²) in [6.07, 6.45) is -5.41. The van der Waals surface area contributed by atoms with Crippen LogP contribution in [-0.4, -0.2) is 13.1 Å². The van der Waals surface area contributed by atoms with Crippen molar-refractivity contribution in [2.24, 2.45) is 0 Å². The van der Waals surface area contributed by atoms with Crippen molar-refractivity contribution in [1.29, 1.82) is 0 Å². The lowest BCUT2D eigenvalue weighted by Crippen LogP contribution is -2.15. The second-order valence-electron chi connectivity index (χ2n) is 4.98. The van der Waals surface area contributed by atoms with E-state index in [-0.39, 0.29) is 16.9 Å². The van der Waals surface area contributed by atoms with Gasteiger partial charge in [0.05, 0.1) is 12.7 Å². The normalized spacial score (nSPS) is 12.6. The van der Waals surface area contributed by atoms with Crippen molar-refractivity contribution in [3.05, 3.63) is 63.6 Å². The van der Waals surface area contributed by atoms with Crippen molar-refractivity contribution >= 4 is 21.9 Å². The molecule has 24 heavy (non-hydrogen) atoms. The minimum atomic E-state index is -4.49. The van der Waals surface area contributed by atoms with Gasteiger partial charge in [-0.15, -0.1) is 0 Å². The Morgan fingerprint density at radius 1 is 1.17 bits per heavy atom. The summed E-state index contributed by atoms with van der Waals surface area (Å²) in [5, 5.41) is 0. The van der Waals surface area contributed by atoms with Gasteiger partial charge in [0.1, 0.15) is 17.4 Å². The number of benzene rings is 2. The molecule has 0 amide bonds. The van der Waals surface area contributed by atoms with Crippen LogP contribution < -0.4 is 4.74 Å². The number of hydrogen-bond donors (Lipinski definition) is 0. The maximum absolute atomic E-state index is 13.1. The summed E-state index contributed by atoms with van der Waals surface area (Å²) < 4.78 is 50.3. The van der Waals surface area contributed by atoms with E-state index in [4.69, 9.17) is 4.74 Å². The Morgan fingerprint density at radius 2 is 1.83 bits per heavy atom. The predicted octanol–water partition coefficient (Wildman–Crippen LogP) is 5.39. The average Bonchev–Trinajstić information content (AvgIpc) is 2.53. The zero-order valence-corrected chi connectivity index (χ0v) is 14.4. The second-order valence-corrected chi connectivity index (χ2v) is 5.89. The Balaban J connectivity index is 2.40. The lowest BCUT2D eigenvalue weighted by atomic mass is 10.0. The van der Waals surface area contributed by atoms with Gasteiger partial charge in [0, 0.05) is 10.0 Å². The first-order chi connectivity index (χ1) is 11.2. The van der Waals surface area contributed by atoms with E-state index in [1.807, 2.05) is 0 Å². The van der Waals surface area contributed by atoms with Crippen molar-refractivity contribution in [2.75, 3.05) is 7.11 Å². The van der Waals surface area contributed by atoms with Crippen LogP contribution in [-0.2, 0) is 10.9 Å². The third kappa shape index (κ3) is 4.08. The summed E-state index contributed by atoms with van der Waals surface area (Å²) in [5.74, 6) is -0.491. The lowest BCUT2D eigenvalue weighted by Gasteiger charge is -2.21. The fourth-order valence-electron chi connectivity index (χ4n) is 2.24. The molecule has 0 N–H and O–H groups in total. The van der Waals surface area contributed by atoms with Crippen LogP contribution in [0.2, 0.25) is 0 Å². The van der Waals surface area contributed by atoms with Crippen LogP contribution in [0, 0.1) is 0 Å². The fourth-order valence-corrected chi connectivity index (χ4v) is 2.58. The molecule has 0 aliphatic rings. The highest BCUT2D eigenvalue weighted by Crippen LogP contribution is 2.36. The molecular formula is C17H14BrF3O3. The van der Waals surface area contributed by atoms with Crippen molar-refractivity contribution in [2.45, 2.75) is 19.2 Å². The highest BCUT2D eigenvalue weighted by molar-refractivity contribution is 9.10. The van der Waals surface area contributed by atoms with E-state index >= 15 is 0 Å². The molecule has 0 aromatic heterocycles. The number of hydrogen-bond acceptors (Lipinski definition) is 3. The Morgan fingerprint density at radius 3 is 2.46 bits per heavy atom. The number of carbonyl (C=O) groups is 1. The predicted molar refractivity (Wildman–Crippen MR) is 86.0 cm³/mol. The van der Waals surface area contributed by atoms with Crippen molar-refractivity contribution < 1.29 is 27.4 Å². The third-order valence-electron chi connectivity index (χ3n) is 3.36. The molecule has 0 fully saturated rings. The summed E-state index contributed by atoms with van der Waals surface area (Å²) in [5.41, 5.74) is -0.648. The number of esters is 1. The molecule has 128 valence electrons. The second kappa shape index (κ2) is 7.25. The maximum atomic E-state index is 13.1. The molecule has 2 aromatic carbocycles. The van der Waals surface area contributed by atoms with Gasteiger partial charge in [-0.25, -0.2) is 4.79 Å². The van der Waals surface area contributed by atoms with Crippen molar-refractivity contribution in [3.8, 4) is 5.75 Å². The van der Waals surface area contributed by atoms with Gasteiger partial charge in [-0.05, 0) is 31.2 Å². The van der Waals surface area contributed by atoms with Crippen LogP contribution in [0.3, 0.4) is 0 Å². The molecule has 2 aromatic rings. The third-order valence-corrected chi connectivity index (χ3v) is 3.85. The van der Waals surface area contributed by atoms with E-state index < -0.39 is 23.8 Å². The van der Waals surface area contributed by atoms with Crippen molar-refractivity contribution in [1.82, 2.24) is 0 Å². The van der Waals surface area contributed by atoms with Gasteiger partial charge in [-0.3, -0.25) is 0 Å². The van der Waals surface area contributed by atoms with Crippen LogP contribution in [0.25, 0.3) is 0 Å². The molecule has 0 bridgehead atoms. The number of methoxy groups -OCH3 is 1. The maximum Gasteiger partial charge on any atom is 0.416 e. The van der Waals surface area contributed by atoms with Crippen LogP contribution in [0.5, 0.6) is 5.75 Å². The van der Waals surface area contributed by atoms with Gasteiger partial charge in [-0.2, -0.15) is 13.2 Å². The van der Waals surface area contributed by atoms with E-state index in [0.717, 1.165) is 6.07 Å². The molecule has 0 aliphatic carbocycles. The smallest absolute Gasteiger partial charge is 0.416 e. The van der Waals surface area contributed by atoms with Crippen molar-refractivity contribution in [3.63, 3.8) is 0 Å². The fraction of sp³-hybridized carbons (Fsp3) is 0.235. The van der Waals surface area contributed by atoms with Gasteiger partial charge >= 0.3 is 12.1 Å². The molecule has 0 unspecified atom stereocenters.